The number of aryl methyl sites for hydroxylation is 1. The molecule has 2 rings (SSSR count). The van der Waals surface area contributed by atoms with Gasteiger partial charge in [0.15, 0.2) is 3.92 Å². The molecule has 1 heterocycles. The Morgan fingerprint density at radius 1 is 1.47 bits per heavy atom. The molecule has 2 aromatic rings. The number of aromatic nitrogens is 1. The lowest BCUT2D eigenvalue weighted by Crippen LogP contribution is -1.90. The number of aliphatic hydroxyl groups excluding tert-OH is 1. The second kappa shape index (κ2) is 5.16. The average Bonchev–Trinajstić information content (AvgIpc) is 2.71. The van der Waals surface area contributed by atoms with E-state index in [0.717, 1.165) is 31.4 Å². The van der Waals surface area contributed by atoms with Gasteiger partial charge in [-0.25, -0.2) is 4.98 Å². The molecule has 17 heavy (non-hydrogen) atoms. The minimum atomic E-state index is -0.00517. The number of nitrogens with zero attached hydrogens (tertiary/aromatic N) is 1. The Morgan fingerprint density at radius 3 is 2.88 bits per heavy atom. The van der Waals surface area contributed by atoms with Crippen molar-refractivity contribution < 1.29 is 9.84 Å². The van der Waals surface area contributed by atoms with E-state index < -0.39 is 0 Å². The molecule has 90 valence electrons. The lowest BCUT2D eigenvalue weighted by Gasteiger charge is -2.07. The molecular weight excluding hydrogens is 302 g/mol. The Hall–Kier alpha value is -0.910. The quantitative estimate of drug-likeness (QED) is 0.944. The zero-order chi connectivity index (χ0) is 12.4. The van der Waals surface area contributed by atoms with Gasteiger partial charge >= 0.3 is 0 Å². The van der Waals surface area contributed by atoms with Gasteiger partial charge in [0.25, 0.3) is 0 Å². The predicted molar refractivity (Wildman–Crippen MR) is 72.5 cm³/mol. The van der Waals surface area contributed by atoms with Crippen LogP contribution in [0.15, 0.2) is 22.1 Å². The minimum absolute atomic E-state index is 0.00517. The van der Waals surface area contributed by atoms with E-state index in [4.69, 9.17) is 4.74 Å². The zero-order valence-corrected chi connectivity index (χ0v) is 11.9. The monoisotopic (exact) mass is 313 g/mol. The van der Waals surface area contributed by atoms with Crippen molar-refractivity contribution in [3.63, 3.8) is 0 Å². The maximum Gasteiger partial charge on any atom is 0.160 e. The van der Waals surface area contributed by atoms with Crippen LogP contribution in [0.5, 0.6) is 5.75 Å². The Labute approximate surface area is 112 Å². The molecule has 0 saturated carbocycles. The van der Waals surface area contributed by atoms with Crippen LogP contribution in [0.25, 0.3) is 11.3 Å². The molecule has 1 N–H and O–H groups in total. The summed E-state index contributed by atoms with van der Waals surface area (Å²) in [7, 11) is 1.65. The lowest BCUT2D eigenvalue weighted by molar-refractivity contribution is 0.286. The zero-order valence-electron chi connectivity index (χ0n) is 9.53. The number of benzene rings is 1. The summed E-state index contributed by atoms with van der Waals surface area (Å²) in [4.78, 5) is 5.23. The summed E-state index contributed by atoms with van der Waals surface area (Å²) >= 11 is 4.78. The van der Waals surface area contributed by atoms with Crippen LogP contribution in [0.3, 0.4) is 0 Å². The fraction of sp³-hybridized carbons (Fsp3) is 0.250. The van der Waals surface area contributed by atoms with Crippen molar-refractivity contribution in [1.82, 2.24) is 4.98 Å². The van der Waals surface area contributed by atoms with E-state index in [2.05, 4.69) is 20.9 Å². The van der Waals surface area contributed by atoms with Crippen molar-refractivity contribution in [3.05, 3.63) is 32.6 Å². The molecule has 3 nitrogen and oxygen atoms in total. The van der Waals surface area contributed by atoms with Crippen molar-refractivity contribution in [2.24, 2.45) is 0 Å². The smallest absolute Gasteiger partial charge is 0.160 e. The summed E-state index contributed by atoms with van der Waals surface area (Å²) in [5, 5.41) is 9.29. The van der Waals surface area contributed by atoms with Gasteiger partial charge in [-0.1, -0.05) is 12.1 Å². The first-order valence-corrected chi connectivity index (χ1v) is 6.67. The largest absolute Gasteiger partial charge is 0.496 e. The maximum atomic E-state index is 9.29. The van der Waals surface area contributed by atoms with Gasteiger partial charge in [0, 0.05) is 5.56 Å². The molecule has 0 aliphatic rings. The third kappa shape index (κ3) is 2.51. The third-order valence-electron chi connectivity index (χ3n) is 2.50. The second-order valence-electron chi connectivity index (χ2n) is 3.58. The number of ether oxygens (including phenoxy) is 1. The molecule has 0 unspecified atom stereocenters. The lowest BCUT2D eigenvalue weighted by atomic mass is 10.1. The third-order valence-corrected chi connectivity index (χ3v) is 3.99. The van der Waals surface area contributed by atoms with Gasteiger partial charge in [0.05, 0.1) is 24.3 Å². The highest BCUT2D eigenvalue weighted by atomic mass is 79.9. The summed E-state index contributed by atoms with van der Waals surface area (Å²) in [6.07, 6.45) is 0. The van der Waals surface area contributed by atoms with Crippen LogP contribution in [0.2, 0.25) is 0 Å². The predicted octanol–water partition coefficient (Wildman–Crippen LogP) is 3.38. The van der Waals surface area contributed by atoms with Gasteiger partial charge < -0.3 is 9.84 Å². The maximum absolute atomic E-state index is 9.29. The fourth-order valence-electron chi connectivity index (χ4n) is 1.62. The molecule has 0 aliphatic carbocycles. The van der Waals surface area contributed by atoms with Crippen molar-refractivity contribution in [3.8, 4) is 17.0 Å². The highest BCUT2D eigenvalue weighted by molar-refractivity contribution is 9.11. The van der Waals surface area contributed by atoms with Gasteiger partial charge in [-0.2, -0.15) is 0 Å². The Bertz CT molecular complexity index is 539. The molecule has 5 heteroatoms. The summed E-state index contributed by atoms with van der Waals surface area (Å²) in [6, 6.07) is 5.91. The van der Waals surface area contributed by atoms with Gasteiger partial charge in [0.1, 0.15) is 5.75 Å². The van der Waals surface area contributed by atoms with Crippen molar-refractivity contribution in [2.45, 2.75) is 13.5 Å². The standard InChI is InChI=1S/C12H12BrNO2S/c1-7-3-4-8(5-9(7)16-2)11-10(6-15)17-12(13)14-11/h3-5,15H,6H2,1-2H3. The molecule has 0 saturated heterocycles. The average molecular weight is 314 g/mol. The molecule has 0 radical (unpaired) electrons. The second-order valence-corrected chi connectivity index (χ2v) is 5.94. The van der Waals surface area contributed by atoms with Crippen LogP contribution < -0.4 is 4.74 Å². The van der Waals surface area contributed by atoms with Crippen LogP contribution in [0.1, 0.15) is 10.4 Å². The first-order chi connectivity index (χ1) is 8.15. The van der Waals surface area contributed by atoms with Gasteiger partial charge in [-0.3, -0.25) is 0 Å². The summed E-state index contributed by atoms with van der Waals surface area (Å²) in [5.74, 6) is 0.829. The number of rotatable bonds is 3. The summed E-state index contributed by atoms with van der Waals surface area (Å²) in [5.41, 5.74) is 2.84. The van der Waals surface area contributed by atoms with E-state index >= 15 is 0 Å². The molecular formula is C12H12BrNO2S. The number of hydrogen-bond acceptors (Lipinski definition) is 4. The van der Waals surface area contributed by atoms with Crippen LogP contribution in [0.4, 0.5) is 0 Å². The molecule has 0 amide bonds. The van der Waals surface area contributed by atoms with E-state index in [9.17, 15) is 5.11 Å². The first-order valence-electron chi connectivity index (χ1n) is 5.06. The minimum Gasteiger partial charge on any atom is -0.496 e. The molecule has 0 atom stereocenters. The van der Waals surface area contributed by atoms with Gasteiger partial charge in [0.2, 0.25) is 0 Å². The number of aliphatic hydroxyl groups is 1. The van der Waals surface area contributed by atoms with E-state index in [0.29, 0.717) is 0 Å². The normalized spacial score (nSPS) is 10.6. The number of hydrogen-bond donors (Lipinski definition) is 1. The van der Waals surface area contributed by atoms with E-state index in [-0.39, 0.29) is 6.61 Å². The Kier molecular flexibility index (Phi) is 3.81. The summed E-state index contributed by atoms with van der Waals surface area (Å²) < 4.78 is 6.06. The Balaban J connectivity index is 2.52. The molecule has 1 aromatic carbocycles. The topological polar surface area (TPSA) is 42.4 Å². The molecule has 0 spiro atoms. The van der Waals surface area contributed by atoms with Gasteiger partial charge in [-0.05, 0) is 34.5 Å². The van der Waals surface area contributed by atoms with Gasteiger partial charge in [-0.15, -0.1) is 11.3 Å². The van der Waals surface area contributed by atoms with E-state index in [1.54, 1.807) is 7.11 Å². The van der Waals surface area contributed by atoms with E-state index in [1.165, 1.54) is 11.3 Å². The van der Waals surface area contributed by atoms with Crippen LogP contribution >= 0.6 is 27.3 Å². The Morgan fingerprint density at radius 2 is 2.24 bits per heavy atom. The van der Waals surface area contributed by atoms with Crippen molar-refractivity contribution in [1.29, 1.82) is 0 Å². The highest BCUT2D eigenvalue weighted by Gasteiger charge is 2.12. The van der Waals surface area contributed by atoms with E-state index in [1.807, 2.05) is 25.1 Å². The molecule has 0 aliphatic heterocycles. The fourth-order valence-corrected chi connectivity index (χ4v) is 3.05. The van der Waals surface area contributed by atoms with Crippen LogP contribution in [0, 0.1) is 6.92 Å². The SMILES string of the molecule is COc1cc(-c2nc(Br)sc2CO)ccc1C. The summed E-state index contributed by atoms with van der Waals surface area (Å²) in [6.45, 7) is 1.99. The van der Waals surface area contributed by atoms with Crippen LogP contribution in [-0.4, -0.2) is 17.2 Å². The number of halogens is 1. The molecule has 0 fully saturated rings. The highest BCUT2D eigenvalue weighted by Crippen LogP contribution is 2.33. The van der Waals surface area contributed by atoms with Crippen molar-refractivity contribution in [2.75, 3.05) is 7.11 Å². The van der Waals surface area contributed by atoms with Crippen LogP contribution in [-0.2, 0) is 6.61 Å². The first kappa shape index (κ1) is 12.5. The number of methoxy groups -OCH3 is 1. The molecule has 0 bridgehead atoms. The number of thiazole rings is 1. The molecule has 1 aromatic heterocycles. The van der Waals surface area contributed by atoms with Crippen molar-refractivity contribution >= 4 is 27.3 Å².